The number of hydrogen-bond donors (Lipinski definition) is 1. The summed E-state index contributed by atoms with van der Waals surface area (Å²) in [5.74, 6) is 0.986. The van der Waals surface area contributed by atoms with E-state index in [0.29, 0.717) is 6.04 Å². The van der Waals surface area contributed by atoms with Crippen LogP contribution < -0.4 is 10.1 Å². The van der Waals surface area contributed by atoms with Gasteiger partial charge in [-0.05, 0) is 40.3 Å². The zero-order chi connectivity index (χ0) is 13.7. The van der Waals surface area contributed by atoms with Crippen molar-refractivity contribution in [2.75, 3.05) is 27.2 Å². The van der Waals surface area contributed by atoms with E-state index in [1.807, 2.05) is 19.2 Å². The Morgan fingerprint density at radius 1 is 1.42 bits per heavy atom. The third-order valence-electron chi connectivity index (χ3n) is 3.25. The summed E-state index contributed by atoms with van der Waals surface area (Å²) in [6, 6.07) is 2.75. The molecule has 1 fully saturated rings. The Balaban J connectivity index is 1.86. The number of aryl methyl sites for hydroxylation is 1. The van der Waals surface area contributed by atoms with E-state index in [1.165, 1.54) is 18.4 Å². The van der Waals surface area contributed by atoms with Gasteiger partial charge in [-0.15, -0.1) is 0 Å². The molecule has 0 unspecified atom stereocenters. The molecule has 0 bridgehead atoms. The predicted octanol–water partition coefficient (Wildman–Crippen LogP) is 1.97. The summed E-state index contributed by atoms with van der Waals surface area (Å²) in [7, 11) is 4.17. The molecule has 0 saturated heterocycles. The van der Waals surface area contributed by atoms with Crippen LogP contribution in [0.5, 0.6) is 5.75 Å². The molecule has 0 atom stereocenters. The molecule has 19 heavy (non-hydrogen) atoms. The lowest BCUT2D eigenvalue weighted by molar-refractivity contribution is 0.278. The summed E-state index contributed by atoms with van der Waals surface area (Å²) in [5.41, 5.74) is 2.18. The molecule has 0 spiro atoms. The second-order valence-electron chi connectivity index (χ2n) is 5.59. The van der Waals surface area contributed by atoms with Crippen molar-refractivity contribution >= 4 is 0 Å². The van der Waals surface area contributed by atoms with Crippen molar-refractivity contribution in [1.29, 1.82) is 0 Å². The summed E-state index contributed by atoms with van der Waals surface area (Å²) in [6.07, 6.45) is 5.59. The van der Waals surface area contributed by atoms with Crippen molar-refractivity contribution < 1.29 is 4.74 Å². The second-order valence-corrected chi connectivity index (χ2v) is 5.59. The Bertz CT molecular complexity index is 402. The van der Waals surface area contributed by atoms with Crippen LogP contribution >= 0.6 is 0 Å². The van der Waals surface area contributed by atoms with Crippen molar-refractivity contribution in [2.45, 2.75) is 38.8 Å². The van der Waals surface area contributed by atoms with Gasteiger partial charge in [-0.3, -0.25) is 4.98 Å². The minimum absolute atomic E-state index is 0.711. The molecule has 106 valence electrons. The Hall–Kier alpha value is -1.13. The highest BCUT2D eigenvalue weighted by atomic mass is 16.5. The van der Waals surface area contributed by atoms with Gasteiger partial charge < -0.3 is 15.0 Å². The van der Waals surface area contributed by atoms with Crippen LogP contribution in [0, 0.1) is 6.92 Å². The molecule has 0 radical (unpaired) electrons. The molecule has 1 N–H and O–H groups in total. The van der Waals surface area contributed by atoms with Gasteiger partial charge in [0.25, 0.3) is 0 Å². The number of aromatic nitrogens is 1. The van der Waals surface area contributed by atoms with Gasteiger partial charge in [0.2, 0.25) is 0 Å². The largest absolute Gasteiger partial charge is 0.493 e. The zero-order valence-corrected chi connectivity index (χ0v) is 12.3. The van der Waals surface area contributed by atoms with E-state index in [2.05, 4.69) is 29.3 Å². The van der Waals surface area contributed by atoms with E-state index in [-0.39, 0.29) is 0 Å². The van der Waals surface area contributed by atoms with Crippen LogP contribution in [0.1, 0.15) is 30.5 Å². The van der Waals surface area contributed by atoms with Crippen LogP contribution in [0.4, 0.5) is 0 Å². The average molecular weight is 263 g/mol. The topological polar surface area (TPSA) is 37.4 Å². The van der Waals surface area contributed by atoms with Gasteiger partial charge in [0.05, 0.1) is 6.61 Å². The third kappa shape index (κ3) is 5.17. The summed E-state index contributed by atoms with van der Waals surface area (Å²) in [4.78, 5) is 6.54. The summed E-state index contributed by atoms with van der Waals surface area (Å²) in [5, 5.41) is 3.51. The predicted molar refractivity (Wildman–Crippen MR) is 77.5 cm³/mol. The first-order chi connectivity index (χ1) is 9.15. The standard InChI is InChI=1S/C15H25N3O/c1-12-9-15(19-8-4-7-18(2)3)13(10-16-12)11-17-14-5-6-14/h9-10,14,17H,4-8,11H2,1-3H3. The molecule has 1 heterocycles. The molecule has 4 heteroatoms. The molecule has 4 nitrogen and oxygen atoms in total. The fraction of sp³-hybridized carbons (Fsp3) is 0.667. The lowest BCUT2D eigenvalue weighted by Gasteiger charge is -2.14. The summed E-state index contributed by atoms with van der Waals surface area (Å²) < 4.78 is 5.91. The van der Waals surface area contributed by atoms with Gasteiger partial charge in [0.15, 0.2) is 0 Å². The van der Waals surface area contributed by atoms with E-state index in [4.69, 9.17) is 4.74 Å². The average Bonchev–Trinajstić information content (AvgIpc) is 3.17. The number of nitrogens with one attached hydrogen (secondary N) is 1. The van der Waals surface area contributed by atoms with Gasteiger partial charge in [-0.1, -0.05) is 0 Å². The van der Waals surface area contributed by atoms with Gasteiger partial charge >= 0.3 is 0 Å². The van der Waals surface area contributed by atoms with E-state index in [0.717, 1.165) is 37.6 Å². The molecule has 1 aromatic rings. The minimum atomic E-state index is 0.711. The molecule has 2 rings (SSSR count). The Morgan fingerprint density at radius 2 is 2.21 bits per heavy atom. The van der Waals surface area contributed by atoms with Crippen molar-refractivity contribution in [3.63, 3.8) is 0 Å². The lowest BCUT2D eigenvalue weighted by atomic mass is 10.2. The van der Waals surface area contributed by atoms with Crippen molar-refractivity contribution in [2.24, 2.45) is 0 Å². The molecular formula is C15H25N3O. The number of ether oxygens (including phenoxy) is 1. The van der Waals surface area contributed by atoms with Crippen LogP contribution in [-0.4, -0.2) is 43.2 Å². The number of hydrogen-bond acceptors (Lipinski definition) is 4. The van der Waals surface area contributed by atoms with Crippen LogP contribution in [0.15, 0.2) is 12.3 Å². The van der Waals surface area contributed by atoms with Gasteiger partial charge in [0, 0.05) is 42.7 Å². The third-order valence-corrected chi connectivity index (χ3v) is 3.25. The van der Waals surface area contributed by atoms with Crippen LogP contribution in [-0.2, 0) is 6.54 Å². The van der Waals surface area contributed by atoms with E-state index < -0.39 is 0 Å². The smallest absolute Gasteiger partial charge is 0.127 e. The first-order valence-corrected chi connectivity index (χ1v) is 7.11. The number of rotatable bonds is 8. The van der Waals surface area contributed by atoms with Gasteiger partial charge in [-0.2, -0.15) is 0 Å². The van der Waals surface area contributed by atoms with Crippen LogP contribution in [0.25, 0.3) is 0 Å². The molecule has 0 aromatic carbocycles. The first-order valence-electron chi connectivity index (χ1n) is 7.11. The van der Waals surface area contributed by atoms with E-state index in [1.54, 1.807) is 0 Å². The molecular weight excluding hydrogens is 238 g/mol. The fourth-order valence-corrected chi connectivity index (χ4v) is 1.93. The minimum Gasteiger partial charge on any atom is -0.493 e. The molecule has 1 aliphatic rings. The Morgan fingerprint density at radius 3 is 2.89 bits per heavy atom. The summed E-state index contributed by atoms with van der Waals surface area (Å²) >= 11 is 0. The highest BCUT2D eigenvalue weighted by Gasteiger charge is 2.20. The fourth-order valence-electron chi connectivity index (χ4n) is 1.93. The van der Waals surface area contributed by atoms with Crippen LogP contribution in [0.2, 0.25) is 0 Å². The van der Waals surface area contributed by atoms with Crippen LogP contribution in [0.3, 0.4) is 0 Å². The van der Waals surface area contributed by atoms with Gasteiger partial charge in [-0.25, -0.2) is 0 Å². The summed E-state index contributed by atoms with van der Waals surface area (Å²) in [6.45, 7) is 4.68. The number of nitrogens with zero attached hydrogens (tertiary/aromatic N) is 2. The molecule has 1 aliphatic carbocycles. The second kappa shape index (κ2) is 6.87. The SMILES string of the molecule is Cc1cc(OCCCN(C)C)c(CNC2CC2)cn1. The molecule has 0 aliphatic heterocycles. The zero-order valence-electron chi connectivity index (χ0n) is 12.3. The van der Waals surface area contributed by atoms with Crippen molar-refractivity contribution in [3.8, 4) is 5.75 Å². The highest BCUT2D eigenvalue weighted by Crippen LogP contribution is 2.23. The molecule has 0 amide bonds. The Labute approximate surface area is 116 Å². The van der Waals surface area contributed by atoms with E-state index in [9.17, 15) is 0 Å². The Kier molecular flexibility index (Phi) is 5.16. The van der Waals surface area contributed by atoms with Gasteiger partial charge in [0.1, 0.15) is 5.75 Å². The highest BCUT2D eigenvalue weighted by molar-refractivity contribution is 5.32. The maximum atomic E-state index is 5.91. The van der Waals surface area contributed by atoms with E-state index >= 15 is 0 Å². The quantitative estimate of drug-likeness (QED) is 0.728. The maximum absolute atomic E-state index is 5.91. The van der Waals surface area contributed by atoms with Crippen molar-refractivity contribution in [3.05, 3.63) is 23.5 Å². The lowest BCUT2D eigenvalue weighted by Crippen LogP contribution is -2.18. The monoisotopic (exact) mass is 263 g/mol. The normalized spacial score (nSPS) is 14.9. The van der Waals surface area contributed by atoms with Crippen molar-refractivity contribution in [1.82, 2.24) is 15.2 Å². The maximum Gasteiger partial charge on any atom is 0.127 e. The first kappa shape index (κ1) is 14.3. The molecule has 1 aromatic heterocycles. The number of pyridine rings is 1. The molecule has 1 saturated carbocycles.